The number of carbonyl (C=O) groups excluding carboxylic acids is 1. The van der Waals surface area contributed by atoms with Crippen LogP contribution in [0.1, 0.15) is 33.6 Å². The van der Waals surface area contributed by atoms with Gasteiger partial charge in [-0.25, -0.2) is 4.79 Å². The molecule has 5 atom stereocenters. The van der Waals surface area contributed by atoms with Crippen LogP contribution < -0.4 is 0 Å². The number of allylic oxidation sites excluding steroid dienone is 2. The summed E-state index contributed by atoms with van der Waals surface area (Å²) in [6.07, 6.45) is 4.01. The minimum absolute atomic E-state index is 0.00208. The maximum absolute atomic E-state index is 11.6. The Kier molecular flexibility index (Phi) is 1.65. The Morgan fingerprint density at radius 1 is 1.39 bits per heavy atom. The van der Waals surface area contributed by atoms with Crippen LogP contribution in [-0.2, 0) is 9.53 Å². The molecular weight excluding hydrogens is 228 g/mol. The van der Waals surface area contributed by atoms with Crippen molar-refractivity contribution in [3.8, 4) is 0 Å². The summed E-state index contributed by atoms with van der Waals surface area (Å²) in [5, 5.41) is 10.8. The molecule has 3 heteroatoms. The average molecular weight is 246 g/mol. The Labute approximate surface area is 107 Å². The SMILES string of the molecule is CC1=C2C[C@H]3[C@](C)(O)[C@@H]4C[C@@H]4[C@@]3(C)C=C2OC1=O. The molecule has 0 radical (unpaired) electrons. The summed E-state index contributed by atoms with van der Waals surface area (Å²) in [5.41, 5.74) is 1.14. The first kappa shape index (κ1) is 10.8. The second-order valence-corrected chi connectivity index (χ2v) is 6.80. The summed E-state index contributed by atoms with van der Waals surface area (Å²) < 4.78 is 5.35. The van der Waals surface area contributed by atoms with Gasteiger partial charge in [0.25, 0.3) is 0 Å². The normalized spacial score (nSPS) is 52.6. The van der Waals surface area contributed by atoms with Crippen LogP contribution in [0.3, 0.4) is 0 Å². The lowest BCUT2D eigenvalue weighted by atomic mass is 9.65. The first-order valence-electron chi connectivity index (χ1n) is 6.73. The minimum atomic E-state index is -0.597. The third-order valence-electron chi connectivity index (χ3n) is 5.91. The van der Waals surface area contributed by atoms with E-state index < -0.39 is 5.60 Å². The van der Waals surface area contributed by atoms with E-state index in [2.05, 4.69) is 13.0 Å². The van der Waals surface area contributed by atoms with Crippen LogP contribution in [0.25, 0.3) is 0 Å². The zero-order valence-corrected chi connectivity index (χ0v) is 11.0. The van der Waals surface area contributed by atoms with Crippen molar-refractivity contribution in [2.24, 2.45) is 23.2 Å². The predicted octanol–water partition coefficient (Wildman–Crippen LogP) is 2.17. The number of ether oxygens (including phenoxy) is 1. The molecule has 18 heavy (non-hydrogen) atoms. The molecule has 0 saturated heterocycles. The number of esters is 1. The first-order valence-corrected chi connectivity index (χ1v) is 6.73. The van der Waals surface area contributed by atoms with Crippen LogP contribution in [0.5, 0.6) is 0 Å². The molecule has 0 bridgehead atoms. The highest BCUT2D eigenvalue weighted by atomic mass is 16.5. The van der Waals surface area contributed by atoms with Gasteiger partial charge in [0.2, 0.25) is 0 Å². The lowest BCUT2D eigenvalue weighted by Crippen LogP contribution is -2.42. The van der Waals surface area contributed by atoms with E-state index in [0.717, 1.165) is 29.7 Å². The van der Waals surface area contributed by atoms with E-state index in [1.807, 2.05) is 13.8 Å². The minimum Gasteiger partial charge on any atom is -0.423 e. The van der Waals surface area contributed by atoms with Gasteiger partial charge in [-0.1, -0.05) is 6.92 Å². The van der Waals surface area contributed by atoms with Crippen molar-refractivity contribution in [1.29, 1.82) is 0 Å². The van der Waals surface area contributed by atoms with Gasteiger partial charge < -0.3 is 9.84 Å². The molecule has 1 N–H and O–H groups in total. The number of aliphatic hydroxyl groups is 1. The number of hydrogen-bond acceptors (Lipinski definition) is 3. The predicted molar refractivity (Wildman–Crippen MR) is 65.3 cm³/mol. The highest BCUT2D eigenvalue weighted by molar-refractivity contribution is 5.94. The highest BCUT2D eigenvalue weighted by Gasteiger charge is 2.71. The maximum atomic E-state index is 11.6. The van der Waals surface area contributed by atoms with Crippen molar-refractivity contribution in [2.75, 3.05) is 0 Å². The monoisotopic (exact) mass is 246 g/mol. The van der Waals surface area contributed by atoms with Gasteiger partial charge in [0.05, 0.1) is 5.60 Å². The molecule has 0 amide bonds. The first-order chi connectivity index (χ1) is 8.35. The fraction of sp³-hybridized carbons (Fsp3) is 0.667. The van der Waals surface area contributed by atoms with Gasteiger partial charge in [-0.15, -0.1) is 0 Å². The Hall–Kier alpha value is -1.09. The van der Waals surface area contributed by atoms with Crippen molar-refractivity contribution in [1.82, 2.24) is 0 Å². The van der Waals surface area contributed by atoms with Gasteiger partial charge >= 0.3 is 5.97 Å². The van der Waals surface area contributed by atoms with Crippen LogP contribution in [-0.4, -0.2) is 16.7 Å². The highest BCUT2D eigenvalue weighted by Crippen LogP contribution is 2.72. The van der Waals surface area contributed by atoms with Crippen LogP contribution in [0.2, 0.25) is 0 Å². The molecule has 4 rings (SSSR count). The average Bonchev–Trinajstić information content (AvgIpc) is 3.00. The molecule has 1 heterocycles. The molecule has 2 saturated carbocycles. The van der Waals surface area contributed by atoms with Crippen LogP contribution in [0.15, 0.2) is 23.0 Å². The third-order valence-corrected chi connectivity index (χ3v) is 5.91. The van der Waals surface area contributed by atoms with Gasteiger partial charge in [0.1, 0.15) is 5.76 Å². The number of fused-ring (bicyclic) bond motifs is 4. The second kappa shape index (κ2) is 2.74. The molecule has 0 aromatic carbocycles. The van der Waals surface area contributed by atoms with E-state index in [1.165, 1.54) is 0 Å². The number of carbonyl (C=O) groups is 1. The topological polar surface area (TPSA) is 46.5 Å². The Morgan fingerprint density at radius 3 is 2.83 bits per heavy atom. The van der Waals surface area contributed by atoms with E-state index >= 15 is 0 Å². The summed E-state index contributed by atoms with van der Waals surface area (Å²) in [6, 6.07) is 0. The molecule has 1 aliphatic heterocycles. The lowest BCUT2D eigenvalue weighted by molar-refractivity contribution is -0.133. The van der Waals surface area contributed by atoms with Gasteiger partial charge in [0.15, 0.2) is 0 Å². The second-order valence-electron chi connectivity index (χ2n) is 6.80. The number of rotatable bonds is 0. The zero-order chi connectivity index (χ0) is 12.9. The van der Waals surface area contributed by atoms with Crippen molar-refractivity contribution in [3.05, 3.63) is 23.0 Å². The lowest BCUT2D eigenvalue weighted by Gasteiger charge is -2.41. The van der Waals surface area contributed by atoms with E-state index in [9.17, 15) is 9.90 Å². The van der Waals surface area contributed by atoms with Crippen LogP contribution >= 0.6 is 0 Å². The molecule has 96 valence electrons. The van der Waals surface area contributed by atoms with Gasteiger partial charge in [-0.3, -0.25) is 0 Å². The smallest absolute Gasteiger partial charge is 0.339 e. The van der Waals surface area contributed by atoms with Gasteiger partial charge in [0, 0.05) is 17.1 Å². The molecule has 0 unspecified atom stereocenters. The standard InChI is InChI=1S/C15H18O3/c1-7-8-4-12-14(2,6-11(8)18-13(7)16)9-5-10(9)15(12,3)17/h6,9-10,12,17H,4-5H2,1-3H3/t9-,10+,12+,14+,15+/m0/s1. The third kappa shape index (κ3) is 0.993. The molecule has 3 nitrogen and oxygen atoms in total. The molecule has 4 aliphatic rings. The molecule has 0 aromatic heterocycles. The van der Waals surface area contributed by atoms with E-state index in [4.69, 9.17) is 4.74 Å². The summed E-state index contributed by atoms with van der Waals surface area (Å²) >= 11 is 0. The van der Waals surface area contributed by atoms with E-state index in [0.29, 0.717) is 11.8 Å². The summed E-state index contributed by atoms with van der Waals surface area (Å²) in [7, 11) is 0. The summed E-state index contributed by atoms with van der Waals surface area (Å²) in [5.74, 6) is 1.76. The van der Waals surface area contributed by atoms with E-state index in [-0.39, 0.29) is 17.3 Å². The molecule has 0 spiro atoms. The zero-order valence-electron chi connectivity index (χ0n) is 11.0. The van der Waals surface area contributed by atoms with Crippen molar-refractivity contribution in [3.63, 3.8) is 0 Å². The Balaban J connectivity index is 1.87. The van der Waals surface area contributed by atoms with Crippen LogP contribution in [0, 0.1) is 23.2 Å². The van der Waals surface area contributed by atoms with Crippen molar-refractivity contribution >= 4 is 5.97 Å². The molecule has 3 aliphatic carbocycles. The Morgan fingerprint density at radius 2 is 2.11 bits per heavy atom. The van der Waals surface area contributed by atoms with Crippen LogP contribution in [0.4, 0.5) is 0 Å². The molecule has 0 aromatic rings. The Bertz CT molecular complexity index is 540. The fourth-order valence-electron chi connectivity index (χ4n) is 4.71. The summed E-state index contributed by atoms with van der Waals surface area (Å²) in [4.78, 5) is 11.6. The number of hydrogen-bond donors (Lipinski definition) is 1. The molecule has 2 fully saturated rings. The quantitative estimate of drug-likeness (QED) is 0.666. The van der Waals surface area contributed by atoms with Gasteiger partial charge in [-0.05, 0) is 50.0 Å². The maximum Gasteiger partial charge on any atom is 0.339 e. The summed E-state index contributed by atoms with van der Waals surface area (Å²) in [6.45, 7) is 6.01. The largest absolute Gasteiger partial charge is 0.423 e. The van der Waals surface area contributed by atoms with Crippen molar-refractivity contribution < 1.29 is 14.6 Å². The van der Waals surface area contributed by atoms with Gasteiger partial charge in [-0.2, -0.15) is 0 Å². The van der Waals surface area contributed by atoms with Crippen molar-refractivity contribution in [2.45, 2.75) is 39.2 Å². The molecular formula is C15H18O3. The fourth-order valence-corrected chi connectivity index (χ4v) is 4.71. The van der Waals surface area contributed by atoms with E-state index in [1.54, 1.807) is 0 Å².